The van der Waals surface area contributed by atoms with Crippen LogP contribution in [0, 0.1) is 5.92 Å². The fraction of sp³-hybridized carbons (Fsp3) is 0.600. The summed E-state index contributed by atoms with van der Waals surface area (Å²) in [5.41, 5.74) is 2.10. The Labute approximate surface area is 150 Å². The number of hydrogen-bond donors (Lipinski definition) is 2. The second-order valence-corrected chi connectivity index (χ2v) is 7.17. The number of ether oxygens (including phenoxy) is 1. The number of piperidine rings is 1. The fourth-order valence-electron chi connectivity index (χ4n) is 3.30. The molecule has 2 rings (SSSR count). The summed E-state index contributed by atoms with van der Waals surface area (Å²) in [6.07, 6.45) is 1.57. The van der Waals surface area contributed by atoms with E-state index in [1.54, 1.807) is 0 Å². The minimum Gasteiger partial charge on any atom is -0.466 e. The molecule has 1 atom stereocenters. The number of nitrogens with one attached hydrogen (secondary N) is 2. The molecule has 1 aromatic rings. The molecule has 1 amide bonds. The molecule has 1 aliphatic rings. The van der Waals surface area contributed by atoms with Gasteiger partial charge in [-0.25, -0.2) is 0 Å². The molecule has 1 aromatic carbocycles. The molecule has 5 heteroatoms. The molecular weight excluding hydrogens is 316 g/mol. The van der Waals surface area contributed by atoms with E-state index in [9.17, 15) is 9.59 Å². The molecule has 1 heterocycles. The number of anilines is 1. The highest BCUT2D eigenvalue weighted by atomic mass is 16.5. The van der Waals surface area contributed by atoms with Crippen molar-refractivity contribution in [3.63, 3.8) is 0 Å². The Morgan fingerprint density at radius 1 is 1.16 bits per heavy atom. The smallest absolute Gasteiger partial charge is 0.309 e. The van der Waals surface area contributed by atoms with Crippen molar-refractivity contribution in [3.8, 4) is 0 Å². The van der Waals surface area contributed by atoms with E-state index in [1.807, 2.05) is 26.0 Å². The van der Waals surface area contributed by atoms with Gasteiger partial charge in [0.2, 0.25) is 0 Å². The van der Waals surface area contributed by atoms with E-state index >= 15 is 0 Å². The SMILES string of the molecule is CCOC(=O)C1CC[NH+]([C@H](C)C(=O)Nc2ccc(C(C)C)cc2)CC1. The molecule has 0 saturated carbocycles. The van der Waals surface area contributed by atoms with Crippen LogP contribution in [-0.2, 0) is 14.3 Å². The van der Waals surface area contributed by atoms with Crippen molar-refractivity contribution in [2.75, 3.05) is 25.0 Å². The number of carbonyl (C=O) groups excluding carboxylic acids is 2. The fourth-order valence-corrected chi connectivity index (χ4v) is 3.30. The van der Waals surface area contributed by atoms with Crippen molar-refractivity contribution < 1.29 is 19.2 Å². The van der Waals surface area contributed by atoms with E-state index in [2.05, 4.69) is 31.3 Å². The van der Waals surface area contributed by atoms with E-state index in [0.717, 1.165) is 31.6 Å². The molecule has 2 N–H and O–H groups in total. The van der Waals surface area contributed by atoms with E-state index in [1.165, 1.54) is 10.5 Å². The molecule has 0 aromatic heterocycles. The van der Waals surface area contributed by atoms with Gasteiger partial charge < -0.3 is 15.0 Å². The van der Waals surface area contributed by atoms with Crippen LogP contribution in [0.2, 0.25) is 0 Å². The highest BCUT2D eigenvalue weighted by Gasteiger charge is 2.33. The Balaban J connectivity index is 1.85. The first-order valence-corrected chi connectivity index (χ1v) is 9.34. The molecule has 1 saturated heterocycles. The monoisotopic (exact) mass is 347 g/mol. The largest absolute Gasteiger partial charge is 0.466 e. The van der Waals surface area contributed by atoms with Crippen LogP contribution in [0.3, 0.4) is 0 Å². The zero-order valence-electron chi connectivity index (χ0n) is 15.8. The number of hydrogen-bond acceptors (Lipinski definition) is 3. The summed E-state index contributed by atoms with van der Waals surface area (Å²) in [5.74, 6) is 0.405. The first-order chi connectivity index (χ1) is 11.9. The zero-order chi connectivity index (χ0) is 18.4. The lowest BCUT2D eigenvalue weighted by Gasteiger charge is -2.31. The third-order valence-electron chi connectivity index (χ3n) is 5.10. The molecule has 0 spiro atoms. The topological polar surface area (TPSA) is 59.8 Å². The van der Waals surface area contributed by atoms with Crippen molar-refractivity contribution >= 4 is 17.6 Å². The van der Waals surface area contributed by atoms with Gasteiger partial charge in [0.1, 0.15) is 0 Å². The van der Waals surface area contributed by atoms with Gasteiger partial charge in [0.05, 0.1) is 25.6 Å². The van der Waals surface area contributed by atoms with Crippen LogP contribution in [0.4, 0.5) is 5.69 Å². The normalized spacial score (nSPS) is 21.6. The standard InChI is InChI=1S/C20H30N2O3/c1-5-25-20(24)17-10-12-22(13-11-17)15(4)19(23)21-18-8-6-16(7-9-18)14(2)3/h6-9,14-15,17H,5,10-13H2,1-4H3,(H,21,23)/p+1/t15-/m1/s1. The average Bonchev–Trinajstić information content (AvgIpc) is 2.61. The number of likely N-dealkylation sites (tertiary alicyclic amines) is 1. The van der Waals surface area contributed by atoms with E-state index in [0.29, 0.717) is 12.5 Å². The van der Waals surface area contributed by atoms with Crippen molar-refractivity contribution in [2.45, 2.75) is 52.5 Å². The Morgan fingerprint density at radius 3 is 2.28 bits per heavy atom. The minimum atomic E-state index is -0.132. The molecule has 1 fully saturated rings. The number of benzene rings is 1. The molecule has 0 unspecified atom stereocenters. The second-order valence-electron chi connectivity index (χ2n) is 7.17. The van der Waals surface area contributed by atoms with Gasteiger partial charge in [-0.3, -0.25) is 9.59 Å². The van der Waals surface area contributed by atoms with E-state index in [4.69, 9.17) is 4.74 Å². The molecule has 138 valence electrons. The van der Waals surface area contributed by atoms with Gasteiger partial charge in [0.25, 0.3) is 5.91 Å². The lowest BCUT2D eigenvalue weighted by molar-refractivity contribution is -0.919. The predicted molar refractivity (Wildman–Crippen MR) is 98.7 cm³/mol. The van der Waals surface area contributed by atoms with Crippen LogP contribution in [0.25, 0.3) is 0 Å². The van der Waals surface area contributed by atoms with Gasteiger partial charge >= 0.3 is 5.97 Å². The highest BCUT2D eigenvalue weighted by molar-refractivity contribution is 5.93. The Kier molecular flexibility index (Phi) is 7.00. The van der Waals surface area contributed by atoms with Crippen LogP contribution in [0.15, 0.2) is 24.3 Å². The number of amides is 1. The van der Waals surface area contributed by atoms with Crippen LogP contribution in [-0.4, -0.2) is 37.6 Å². The second kappa shape index (κ2) is 8.99. The van der Waals surface area contributed by atoms with Gasteiger partial charge in [0.15, 0.2) is 6.04 Å². The third kappa shape index (κ3) is 5.30. The summed E-state index contributed by atoms with van der Waals surface area (Å²) in [5, 5.41) is 3.01. The Morgan fingerprint density at radius 2 is 1.76 bits per heavy atom. The van der Waals surface area contributed by atoms with Gasteiger partial charge in [-0.1, -0.05) is 26.0 Å². The minimum absolute atomic E-state index is 0.0115. The summed E-state index contributed by atoms with van der Waals surface area (Å²) in [7, 11) is 0. The lowest BCUT2D eigenvalue weighted by Crippen LogP contribution is -3.17. The summed E-state index contributed by atoms with van der Waals surface area (Å²) in [6.45, 7) is 10.2. The Bertz CT molecular complexity index is 575. The molecule has 0 radical (unpaired) electrons. The van der Waals surface area contributed by atoms with E-state index < -0.39 is 0 Å². The Hall–Kier alpha value is -1.88. The molecule has 5 nitrogen and oxygen atoms in total. The first-order valence-electron chi connectivity index (χ1n) is 9.34. The number of carbonyl (C=O) groups is 2. The van der Waals surface area contributed by atoms with Crippen LogP contribution in [0.5, 0.6) is 0 Å². The van der Waals surface area contributed by atoms with Crippen molar-refractivity contribution in [2.24, 2.45) is 5.92 Å². The average molecular weight is 347 g/mol. The highest BCUT2D eigenvalue weighted by Crippen LogP contribution is 2.17. The molecule has 0 bridgehead atoms. The van der Waals surface area contributed by atoms with Crippen molar-refractivity contribution in [1.82, 2.24) is 0 Å². The summed E-state index contributed by atoms with van der Waals surface area (Å²) < 4.78 is 5.10. The number of esters is 1. The third-order valence-corrected chi connectivity index (χ3v) is 5.10. The maximum absolute atomic E-state index is 12.5. The van der Waals surface area contributed by atoms with Crippen molar-refractivity contribution in [1.29, 1.82) is 0 Å². The first kappa shape index (κ1) is 19.4. The molecule has 25 heavy (non-hydrogen) atoms. The molecular formula is C20H31N2O3+. The van der Waals surface area contributed by atoms with Gasteiger partial charge in [0, 0.05) is 18.5 Å². The quantitative estimate of drug-likeness (QED) is 0.774. The number of quaternary nitrogens is 1. The summed E-state index contributed by atoms with van der Waals surface area (Å²) in [4.78, 5) is 25.6. The predicted octanol–water partition coefficient (Wildman–Crippen LogP) is 1.99. The van der Waals surface area contributed by atoms with Gasteiger partial charge in [-0.2, -0.15) is 0 Å². The molecule has 1 aliphatic heterocycles. The van der Waals surface area contributed by atoms with Gasteiger partial charge in [-0.05, 0) is 37.5 Å². The van der Waals surface area contributed by atoms with Gasteiger partial charge in [-0.15, -0.1) is 0 Å². The number of rotatable bonds is 6. The van der Waals surface area contributed by atoms with Crippen molar-refractivity contribution in [3.05, 3.63) is 29.8 Å². The van der Waals surface area contributed by atoms with E-state index in [-0.39, 0.29) is 23.8 Å². The lowest BCUT2D eigenvalue weighted by atomic mass is 9.96. The summed E-state index contributed by atoms with van der Waals surface area (Å²) >= 11 is 0. The van der Waals surface area contributed by atoms with Crippen LogP contribution in [0.1, 0.15) is 52.0 Å². The van der Waals surface area contributed by atoms with Crippen LogP contribution >= 0.6 is 0 Å². The zero-order valence-corrected chi connectivity index (χ0v) is 15.8. The molecule has 0 aliphatic carbocycles. The maximum Gasteiger partial charge on any atom is 0.309 e. The maximum atomic E-state index is 12.5. The summed E-state index contributed by atoms with van der Waals surface area (Å²) in [6, 6.07) is 7.91. The van der Waals surface area contributed by atoms with Crippen LogP contribution < -0.4 is 10.2 Å².